The molecule has 0 aliphatic heterocycles. The van der Waals surface area contributed by atoms with Crippen LogP contribution in [0.1, 0.15) is 76.3 Å². The van der Waals surface area contributed by atoms with Crippen LogP contribution in [0.3, 0.4) is 0 Å². The van der Waals surface area contributed by atoms with Crippen molar-refractivity contribution in [1.29, 1.82) is 0 Å². The van der Waals surface area contributed by atoms with Gasteiger partial charge in [-0.25, -0.2) is 9.13 Å². The second-order valence-electron chi connectivity index (χ2n) is 6.16. The van der Waals surface area contributed by atoms with Crippen LogP contribution in [0.15, 0.2) is 18.7 Å². The van der Waals surface area contributed by atoms with E-state index in [0.29, 0.717) is 0 Å². The molecule has 0 atom stereocenters. The maximum atomic E-state index is 8.44. The highest BCUT2D eigenvalue weighted by atomic mass is 16.6. The highest BCUT2D eigenvalue weighted by molar-refractivity contribution is 5.50. The van der Waals surface area contributed by atoms with Crippen LogP contribution < -0.4 is 9.67 Å². The first-order valence-electron chi connectivity index (χ1n) is 8.15. The molecule has 5 nitrogen and oxygen atoms in total. The Labute approximate surface area is 126 Å². The molecule has 21 heavy (non-hydrogen) atoms. The van der Waals surface area contributed by atoms with Crippen LogP contribution in [0.25, 0.3) is 0 Å². The zero-order valence-corrected chi connectivity index (χ0v) is 12.6. The van der Waals surface area contributed by atoms with Crippen LogP contribution in [0.2, 0.25) is 0 Å². The zero-order chi connectivity index (χ0) is 15.1. The molecule has 1 N–H and O–H groups in total. The molecular formula is C16H26N2O3. The summed E-state index contributed by atoms with van der Waals surface area (Å²) in [5, 5.41) is 15.3. The molecule has 118 valence electrons. The average Bonchev–Trinajstić information content (AvgIpc) is 2.98. The third kappa shape index (κ3) is 5.06. The molecule has 0 unspecified atom stereocenters. The fraction of sp³-hybridized carbons (Fsp3) is 0.750. The van der Waals surface area contributed by atoms with Gasteiger partial charge in [-0.1, -0.05) is 12.8 Å². The minimum atomic E-state index is -2.08. The third-order valence-electron chi connectivity index (χ3n) is 4.67. The van der Waals surface area contributed by atoms with Crippen molar-refractivity contribution in [3.05, 3.63) is 18.7 Å². The van der Waals surface area contributed by atoms with E-state index in [0.717, 1.165) is 12.1 Å². The van der Waals surface area contributed by atoms with Crippen LogP contribution in [-0.2, 0) is 0 Å². The number of rotatable bonds is 2. The summed E-state index contributed by atoms with van der Waals surface area (Å²) < 4.78 is 4.96. The van der Waals surface area contributed by atoms with E-state index in [2.05, 4.69) is 27.9 Å². The highest BCUT2D eigenvalue weighted by Crippen LogP contribution is 2.28. The van der Waals surface area contributed by atoms with E-state index in [4.69, 9.17) is 15.0 Å². The first-order chi connectivity index (χ1) is 10.2. The van der Waals surface area contributed by atoms with Gasteiger partial charge in [0.1, 0.15) is 24.5 Å². The first kappa shape index (κ1) is 15.9. The Morgan fingerprint density at radius 1 is 1.05 bits per heavy atom. The first-order valence-corrected chi connectivity index (χ1v) is 8.15. The molecule has 3 rings (SSSR count). The van der Waals surface area contributed by atoms with Gasteiger partial charge in [-0.3, -0.25) is 0 Å². The Bertz CT molecular complexity index is 396. The molecular weight excluding hydrogens is 268 g/mol. The van der Waals surface area contributed by atoms with E-state index < -0.39 is 6.16 Å². The van der Waals surface area contributed by atoms with Gasteiger partial charge in [0.25, 0.3) is 0 Å². The van der Waals surface area contributed by atoms with Gasteiger partial charge >= 0.3 is 0 Å². The molecule has 1 aromatic rings. The van der Waals surface area contributed by atoms with Crippen molar-refractivity contribution in [2.45, 2.75) is 76.3 Å². The Morgan fingerprint density at radius 2 is 1.57 bits per heavy atom. The SMILES string of the molecule is O=C([O-])O.c1c[n+](C2CCCCC2)cn1C1CCCCC1. The normalized spacial score (nSPS) is 20.6. The van der Waals surface area contributed by atoms with Crippen molar-refractivity contribution in [2.24, 2.45) is 0 Å². The number of nitrogens with zero attached hydrogens (tertiary/aromatic N) is 2. The topological polar surface area (TPSA) is 69.2 Å². The van der Waals surface area contributed by atoms with Gasteiger partial charge in [0.15, 0.2) is 0 Å². The quantitative estimate of drug-likeness (QED) is 0.853. The predicted octanol–water partition coefficient (Wildman–Crippen LogP) is 2.67. The monoisotopic (exact) mass is 294 g/mol. The zero-order valence-electron chi connectivity index (χ0n) is 12.6. The van der Waals surface area contributed by atoms with Gasteiger partial charge in [-0.05, 0) is 51.4 Å². The van der Waals surface area contributed by atoms with Gasteiger partial charge < -0.3 is 15.0 Å². The van der Waals surface area contributed by atoms with E-state index in [1.54, 1.807) is 0 Å². The molecule has 0 aromatic carbocycles. The van der Waals surface area contributed by atoms with Gasteiger partial charge in [0, 0.05) is 0 Å². The molecule has 1 aromatic heterocycles. The fourth-order valence-corrected chi connectivity index (χ4v) is 3.58. The number of imidazole rings is 1. The van der Waals surface area contributed by atoms with Crippen molar-refractivity contribution >= 4 is 6.16 Å². The van der Waals surface area contributed by atoms with Crippen molar-refractivity contribution in [2.75, 3.05) is 0 Å². The molecule has 0 amide bonds. The average molecular weight is 294 g/mol. The lowest BCUT2D eigenvalue weighted by Gasteiger charge is -2.20. The van der Waals surface area contributed by atoms with Crippen LogP contribution in [0.4, 0.5) is 4.79 Å². The molecule has 1 heterocycles. The van der Waals surface area contributed by atoms with Crippen LogP contribution in [-0.4, -0.2) is 15.8 Å². The molecule has 2 aliphatic rings. The van der Waals surface area contributed by atoms with E-state index in [9.17, 15) is 0 Å². The van der Waals surface area contributed by atoms with E-state index in [1.165, 1.54) is 64.2 Å². The Morgan fingerprint density at radius 3 is 2.14 bits per heavy atom. The van der Waals surface area contributed by atoms with E-state index >= 15 is 0 Å². The molecule has 0 spiro atoms. The van der Waals surface area contributed by atoms with Crippen molar-refractivity contribution in [3.63, 3.8) is 0 Å². The summed E-state index contributed by atoms with van der Waals surface area (Å²) in [6.45, 7) is 0. The summed E-state index contributed by atoms with van der Waals surface area (Å²) in [5.41, 5.74) is 0. The maximum absolute atomic E-state index is 8.44. The second-order valence-corrected chi connectivity index (χ2v) is 6.16. The largest absolute Gasteiger partial charge is 0.565 e. The summed E-state index contributed by atoms with van der Waals surface area (Å²) in [6.07, 6.45) is 19.1. The molecule has 0 bridgehead atoms. The number of carbonyl (C=O) groups is 1. The maximum Gasteiger partial charge on any atom is 0.249 e. The summed E-state index contributed by atoms with van der Waals surface area (Å²) in [6, 6.07) is 1.57. The Kier molecular flexibility index (Phi) is 6.08. The molecule has 5 heteroatoms. The minimum absolute atomic E-state index is 0.786. The fourth-order valence-electron chi connectivity index (χ4n) is 3.58. The molecule has 2 saturated carbocycles. The summed E-state index contributed by atoms with van der Waals surface area (Å²) in [5.74, 6) is 0. The van der Waals surface area contributed by atoms with Gasteiger partial charge in [0.05, 0.1) is 0 Å². The smallest absolute Gasteiger partial charge is 0.249 e. The lowest BCUT2D eigenvalue weighted by atomic mass is 9.95. The molecule has 2 fully saturated rings. The van der Waals surface area contributed by atoms with Gasteiger partial charge in [-0.15, -0.1) is 0 Å². The minimum Gasteiger partial charge on any atom is -0.565 e. The number of hydrogen-bond acceptors (Lipinski definition) is 2. The number of hydrogen-bond donors (Lipinski definition) is 1. The van der Waals surface area contributed by atoms with E-state index in [-0.39, 0.29) is 0 Å². The molecule has 0 radical (unpaired) electrons. The summed E-state index contributed by atoms with van der Waals surface area (Å²) in [7, 11) is 0. The van der Waals surface area contributed by atoms with Crippen LogP contribution in [0, 0.1) is 0 Å². The van der Waals surface area contributed by atoms with Crippen LogP contribution >= 0.6 is 0 Å². The molecule has 2 aliphatic carbocycles. The van der Waals surface area contributed by atoms with Gasteiger partial charge in [0.2, 0.25) is 12.5 Å². The number of aromatic nitrogens is 2. The second kappa shape index (κ2) is 8.05. The van der Waals surface area contributed by atoms with E-state index in [1.807, 2.05) is 0 Å². The third-order valence-corrected chi connectivity index (χ3v) is 4.67. The number of carboxylic acid groups (broad SMARTS) is 2. The van der Waals surface area contributed by atoms with Crippen LogP contribution in [0.5, 0.6) is 0 Å². The molecule has 0 saturated heterocycles. The lowest BCUT2D eigenvalue weighted by molar-refractivity contribution is -0.725. The van der Waals surface area contributed by atoms with Crippen molar-refractivity contribution in [1.82, 2.24) is 4.57 Å². The van der Waals surface area contributed by atoms with Crippen molar-refractivity contribution < 1.29 is 19.6 Å². The Hall–Kier alpha value is -1.52. The standard InChI is InChI=1S/C15H25N2.CH2O3/c1-3-7-14(8-4-1)16-11-12-17(13-16)15-9-5-2-6-10-15;2-1(3)4/h11-15H,1-10H2;(H2,2,3,4)/q+1;/p-1. The summed E-state index contributed by atoms with van der Waals surface area (Å²) >= 11 is 0. The highest BCUT2D eigenvalue weighted by Gasteiger charge is 2.23. The van der Waals surface area contributed by atoms with Gasteiger partial charge in [-0.2, -0.15) is 0 Å². The van der Waals surface area contributed by atoms with Crippen molar-refractivity contribution in [3.8, 4) is 0 Å². The Balaban J connectivity index is 0.000000361. The summed E-state index contributed by atoms with van der Waals surface area (Å²) in [4.78, 5) is 8.44. The predicted molar refractivity (Wildman–Crippen MR) is 76.9 cm³/mol. The lowest BCUT2D eigenvalue weighted by Crippen LogP contribution is -2.38.